The molecule has 0 saturated carbocycles. The number of likely N-dealkylation sites (tertiary alicyclic amines) is 1. The van der Waals surface area contributed by atoms with Gasteiger partial charge < -0.3 is 10.6 Å². The summed E-state index contributed by atoms with van der Waals surface area (Å²) < 4.78 is 54.3. The van der Waals surface area contributed by atoms with Crippen LogP contribution < -0.4 is 10.5 Å². The number of sulfonamides is 1. The lowest BCUT2D eigenvalue weighted by Gasteiger charge is -2.30. The molecular weight excluding hydrogens is 300 g/mol. The minimum Gasteiger partial charge on any atom is -0.326 e. The predicted octanol–water partition coefficient (Wildman–Crippen LogP) is 0.796. The summed E-state index contributed by atoms with van der Waals surface area (Å²) in [4.78, 5) is 1.31. The Labute approximate surface area is 123 Å². The summed E-state index contributed by atoms with van der Waals surface area (Å²) in [6.07, 6.45) is 1.52. The molecule has 1 atom stereocenters. The van der Waals surface area contributed by atoms with Crippen LogP contribution in [0.1, 0.15) is 18.4 Å². The molecule has 1 aromatic carbocycles. The number of halogens is 2. The Morgan fingerprint density at radius 3 is 2.76 bits per heavy atom. The fraction of sp³-hybridized carbons (Fsp3) is 0.538. The SMILES string of the molecule is CN1CCCC(NS(=O)(=O)c2cc(CN)cc(F)c2F)C1. The second kappa shape index (κ2) is 6.35. The second-order valence-corrected chi connectivity index (χ2v) is 7.00. The van der Waals surface area contributed by atoms with E-state index in [4.69, 9.17) is 5.73 Å². The van der Waals surface area contributed by atoms with Crippen LogP contribution in [0.15, 0.2) is 17.0 Å². The molecule has 118 valence electrons. The van der Waals surface area contributed by atoms with E-state index in [0.717, 1.165) is 25.1 Å². The number of benzene rings is 1. The van der Waals surface area contributed by atoms with Crippen LogP contribution in [0.4, 0.5) is 8.78 Å². The average molecular weight is 319 g/mol. The van der Waals surface area contributed by atoms with Gasteiger partial charge in [0, 0.05) is 19.1 Å². The van der Waals surface area contributed by atoms with Crippen LogP contribution >= 0.6 is 0 Å². The molecule has 2 rings (SSSR count). The highest BCUT2D eigenvalue weighted by atomic mass is 32.2. The Hall–Kier alpha value is -1.09. The Kier molecular flexibility index (Phi) is 4.92. The lowest BCUT2D eigenvalue weighted by atomic mass is 10.1. The van der Waals surface area contributed by atoms with Crippen molar-refractivity contribution in [2.24, 2.45) is 5.73 Å². The molecule has 8 heteroatoms. The molecule has 5 nitrogen and oxygen atoms in total. The van der Waals surface area contributed by atoms with Gasteiger partial charge >= 0.3 is 0 Å². The number of nitrogens with zero attached hydrogens (tertiary/aromatic N) is 1. The molecule has 1 aromatic rings. The molecule has 0 amide bonds. The average Bonchev–Trinajstić information content (AvgIpc) is 2.41. The fourth-order valence-corrected chi connectivity index (χ4v) is 3.87. The zero-order valence-electron chi connectivity index (χ0n) is 11.8. The highest BCUT2D eigenvalue weighted by Crippen LogP contribution is 2.21. The maximum Gasteiger partial charge on any atom is 0.243 e. The summed E-state index contributed by atoms with van der Waals surface area (Å²) >= 11 is 0. The first kappa shape index (κ1) is 16.3. The normalized spacial score (nSPS) is 20.7. The van der Waals surface area contributed by atoms with Crippen LogP contribution in [0.25, 0.3) is 0 Å². The van der Waals surface area contributed by atoms with E-state index < -0.39 is 26.6 Å². The largest absolute Gasteiger partial charge is 0.326 e. The summed E-state index contributed by atoms with van der Waals surface area (Å²) in [5.41, 5.74) is 5.60. The zero-order valence-corrected chi connectivity index (χ0v) is 12.6. The number of hydrogen-bond donors (Lipinski definition) is 2. The standard InChI is InChI=1S/C13H19F2N3O2S/c1-18-4-2-3-10(8-18)17-21(19,20)12-6-9(7-16)5-11(14)13(12)15/h5-6,10,17H,2-4,7-8,16H2,1H3. The van der Waals surface area contributed by atoms with Gasteiger partial charge in [-0.1, -0.05) is 0 Å². The Bertz CT molecular complexity index is 622. The predicted molar refractivity (Wildman–Crippen MR) is 75.1 cm³/mol. The van der Waals surface area contributed by atoms with Gasteiger partial charge in [-0.15, -0.1) is 0 Å². The van der Waals surface area contributed by atoms with Crippen molar-refractivity contribution in [3.8, 4) is 0 Å². The van der Waals surface area contributed by atoms with Crippen molar-refractivity contribution < 1.29 is 17.2 Å². The number of rotatable bonds is 4. The Balaban J connectivity index is 2.29. The summed E-state index contributed by atoms with van der Waals surface area (Å²) in [5, 5.41) is 0. The molecule has 1 aliphatic heterocycles. The smallest absolute Gasteiger partial charge is 0.243 e. The quantitative estimate of drug-likeness (QED) is 0.861. The van der Waals surface area contributed by atoms with Crippen molar-refractivity contribution in [2.75, 3.05) is 20.1 Å². The lowest BCUT2D eigenvalue weighted by Crippen LogP contribution is -2.46. The summed E-state index contributed by atoms with van der Waals surface area (Å²) in [6.45, 7) is 1.37. The maximum atomic E-state index is 13.8. The van der Waals surface area contributed by atoms with Crippen molar-refractivity contribution in [1.82, 2.24) is 9.62 Å². The first-order chi connectivity index (χ1) is 9.83. The van der Waals surface area contributed by atoms with Gasteiger partial charge in [-0.2, -0.15) is 0 Å². The van der Waals surface area contributed by atoms with E-state index in [1.54, 1.807) is 0 Å². The van der Waals surface area contributed by atoms with Crippen LogP contribution in [0.3, 0.4) is 0 Å². The van der Waals surface area contributed by atoms with E-state index in [1.807, 2.05) is 11.9 Å². The van der Waals surface area contributed by atoms with Gasteiger partial charge in [-0.25, -0.2) is 21.9 Å². The number of hydrogen-bond acceptors (Lipinski definition) is 4. The van der Waals surface area contributed by atoms with Gasteiger partial charge in [0.25, 0.3) is 0 Å². The molecule has 3 N–H and O–H groups in total. The van der Waals surface area contributed by atoms with Crippen LogP contribution in [0.5, 0.6) is 0 Å². The van der Waals surface area contributed by atoms with E-state index in [2.05, 4.69) is 4.72 Å². The maximum absolute atomic E-state index is 13.8. The van der Waals surface area contributed by atoms with Gasteiger partial charge in [0.15, 0.2) is 11.6 Å². The van der Waals surface area contributed by atoms with Crippen LogP contribution in [-0.2, 0) is 16.6 Å². The third-order valence-electron chi connectivity index (χ3n) is 3.53. The summed E-state index contributed by atoms with van der Waals surface area (Å²) in [7, 11) is -2.23. The van der Waals surface area contributed by atoms with Gasteiger partial charge in [-0.05, 0) is 44.1 Å². The van der Waals surface area contributed by atoms with Crippen molar-refractivity contribution in [3.63, 3.8) is 0 Å². The molecule has 1 unspecified atom stereocenters. The van der Waals surface area contributed by atoms with E-state index in [1.165, 1.54) is 0 Å². The highest BCUT2D eigenvalue weighted by Gasteiger charge is 2.27. The van der Waals surface area contributed by atoms with Crippen LogP contribution in [0.2, 0.25) is 0 Å². The highest BCUT2D eigenvalue weighted by molar-refractivity contribution is 7.89. The molecule has 0 bridgehead atoms. The first-order valence-electron chi connectivity index (χ1n) is 6.72. The monoisotopic (exact) mass is 319 g/mol. The number of nitrogens with one attached hydrogen (secondary N) is 1. The zero-order chi connectivity index (χ0) is 15.6. The molecule has 0 aliphatic carbocycles. The minimum absolute atomic E-state index is 0.0636. The van der Waals surface area contributed by atoms with Crippen LogP contribution in [-0.4, -0.2) is 39.5 Å². The van der Waals surface area contributed by atoms with E-state index >= 15 is 0 Å². The van der Waals surface area contributed by atoms with Crippen LogP contribution in [0, 0.1) is 11.6 Å². The molecule has 1 saturated heterocycles. The number of likely N-dealkylation sites (N-methyl/N-ethyl adjacent to an activating group) is 1. The molecule has 1 fully saturated rings. The van der Waals surface area contributed by atoms with E-state index in [9.17, 15) is 17.2 Å². The number of piperidine rings is 1. The van der Waals surface area contributed by atoms with Crippen molar-refractivity contribution in [2.45, 2.75) is 30.3 Å². The van der Waals surface area contributed by atoms with Crippen molar-refractivity contribution >= 4 is 10.0 Å². The van der Waals surface area contributed by atoms with Gasteiger partial charge in [-0.3, -0.25) is 0 Å². The van der Waals surface area contributed by atoms with E-state index in [-0.39, 0.29) is 18.2 Å². The van der Waals surface area contributed by atoms with Gasteiger partial charge in [0.1, 0.15) is 4.90 Å². The molecule has 1 heterocycles. The van der Waals surface area contributed by atoms with Gasteiger partial charge in [0.2, 0.25) is 10.0 Å². The molecule has 0 spiro atoms. The Morgan fingerprint density at radius 1 is 1.43 bits per heavy atom. The topological polar surface area (TPSA) is 75.4 Å². The fourth-order valence-electron chi connectivity index (χ4n) is 2.48. The first-order valence-corrected chi connectivity index (χ1v) is 8.20. The van der Waals surface area contributed by atoms with Gasteiger partial charge in [0.05, 0.1) is 0 Å². The molecule has 1 aliphatic rings. The molecular formula is C13H19F2N3O2S. The Morgan fingerprint density at radius 2 is 2.14 bits per heavy atom. The summed E-state index contributed by atoms with van der Waals surface area (Å²) in [5.74, 6) is -2.58. The molecule has 0 radical (unpaired) electrons. The molecule has 0 aromatic heterocycles. The lowest BCUT2D eigenvalue weighted by molar-refractivity contribution is 0.242. The summed E-state index contributed by atoms with van der Waals surface area (Å²) in [6, 6.07) is 1.67. The van der Waals surface area contributed by atoms with Crippen molar-refractivity contribution in [1.29, 1.82) is 0 Å². The molecule has 21 heavy (non-hydrogen) atoms. The van der Waals surface area contributed by atoms with E-state index in [0.29, 0.717) is 13.0 Å². The second-order valence-electron chi connectivity index (χ2n) is 5.32. The van der Waals surface area contributed by atoms with Crippen molar-refractivity contribution in [3.05, 3.63) is 29.3 Å². The minimum atomic E-state index is -4.12. The number of nitrogens with two attached hydrogens (primary N) is 1. The third-order valence-corrected chi connectivity index (χ3v) is 5.05. The third kappa shape index (κ3) is 3.76.